The van der Waals surface area contributed by atoms with E-state index in [1.54, 1.807) is 17.9 Å². The SMILES string of the molecule is Cc1ccc([N+](=O)[O-])cc1C(=O)N1CCN[C@@H](C)C1.Cl. The fourth-order valence-corrected chi connectivity index (χ4v) is 2.24. The Kier molecular flexibility index (Phi) is 5.47. The fourth-order valence-electron chi connectivity index (χ4n) is 2.24. The monoisotopic (exact) mass is 299 g/mol. The zero-order chi connectivity index (χ0) is 14.0. The standard InChI is InChI=1S/C13H17N3O3.ClH/c1-9-3-4-11(16(18)19)7-12(9)13(17)15-6-5-14-10(2)8-15;/h3-4,7,10,14H,5-6,8H2,1-2H3;1H/t10-;/m0./s1. The Balaban J connectivity index is 0.00000200. The summed E-state index contributed by atoms with van der Waals surface area (Å²) in [6.07, 6.45) is 0. The summed E-state index contributed by atoms with van der Waals surface area (Å²) < 4.78 is 0. The Morgan fingerprint density at radius 3 is 2.80 bits per heavy atom. The average molecular weight is 300 g/mol. The summed E-state index contributed by atoms with van der Waals surface area (Å²) >= 11 is 0. The van der Waals surface area contributed by atoms with Gasteiger partial charge in [0, 0.05) is 43.4 Å². The summed E-state index contributed by atoms with van der Waals surface area (Å²) in [5.41, 5.74) is 1.14. The van der Waals surface area contributed by atoms with Crippen LogP contribution in [0.4, 0.5) is 5.69 Å². The van der Waals surface area contributed by atoms with Crippen LogP contribution in [-0.2, 0) is 0 Å². The van der Waals surface area contributed by atoms with Gasteiger partial charge in [-0.3, -0.25) is 14.9 Å². The topological polar surface area (TPSA) is 75.5 Å². The predicted molar refractivity (Wildman–Crippen MR) is 78.4 cm³/mol. The average Bonchev–Trinajstić information content (AvgIpc) is 2.38. The van der Waals surface area contributed by atoms with Gasteiger partial charge in [0.25, 0.3) is 11.6 Å². The number of non-ortho nitro benzene ring substituents is 1. The fraction of sp³-hybridized carbons (Fsp3) is 0.462. The second-order valence-electron chi connectivity index (χ2n) is 4.86. The van der Waals surface area contributed by atoms with Crippen LogP contribution in [0.3, 0.4) is 0 Å². The Labute approximate surface area is 123 Å². The second kappa shape index (κ2) is 6.67. The van der Waals surface area contributed by atoms with Gasteiger partial charge in [0.15, 0.2) is 0 Å². The van der Waals surface area contributed by atoms with E-state index < -0.39 is 4.92 Å². The maximum atomic E-state index is 12.4. The number of nitrogens with zero attached hydrogens (tertiary/aromatic N) is 2. The minimum absolute atomic E-state index is 0. The molecule has 0 saturated carbocycles. The molecule has 1 atom stereocenters. The molecule has 7 heteroatoms. The molecule has 110 valence electrons. The molecule has 0 unspecified atom stereocenters. The van der Waals surface area contributed by atoms with Crippen molar-refractivity contribution in [3.05, 3.63) is 39.4 Å². The molecule has 0 aromatic heterocycles. The van der Waals surface area contributed by atoms with E-state index in [1.807, 2.05) is 6.92 Å². The number of nitrogens with one attached hydrogen (secondary N) is 1. The highest BCUT2D eigenvalue weighted by atomic mass is 35.5. The summed E-state index contributed by atoms with van der Waals surface area (Å²) in [4.78, 5) is 24.5. The Bertz CT molecular complexity index is 522. The van der Waals surface area contributed by atoms with Crippen molar-refractivity contribution in [2.24, 2.45) is 0 Å². The van der Waals surface area contributed by atoms with Crippen LogP contribution in [0.5, 0.6) is 0 Å². The first-order chi connectivity index (χ1) is 8.99. The zero-order valence-corrected chi connectivity index (χ0v) is 12.3. The van der Waals surface area contributed by atoms with Crippen molar-refractivity contribution in [2.75, 3.05) is 19.6 Å². The van der Waals surface area contributed by atoms with Gasteiger partial charge in [-0.05, 0) is 19.4 Å². The van der Waals surface area contributed by atoms with Crippen LogP contribution >= 0.6 is 12.4 Å². The lowest BCUT2D eigenvalue weighted by atomic mass is 10.1. The molecule has 1 aliphatic heterocycles. The molecule has 1 aromatic rings. The number of hydrogen-bond acceptors (Lipinski definition) is 4. The highest BCUT2D eigenvalue weighted by Crippen LogP contribution is 2.19. The minimum Gasteiger partial charge on any atom is -0.336 e. The molecule has 2 rings (SSSR count). The highest BCUT2D eigenvalue weighted by molar-refractivity contribution is 5.96. The third-order valence-electron chi connectivity index (χ3n) is 3.32. The van der Waals surface area contributed by atoms with Crippen LogP contribution in [0.1, 0.15) is 22.8 Å². The van der Waals surface area contributed by atoms with Gasteiger partial charge >= 0.3 is 0 Å². The van der Waals surface area contributed by atoms with E-state index in [1.165, 1.54) is 12.1 Å². The third kappa shape index (κ3) is 3.46. The summed E-state index contributed by atoms with van der Waals surface area (Å²) in [6, 6.07) is 4.66. The lowest BCUT2D eigenvalue weighted by molar-refractivity contribution is -0.384. The molecule has 1 N–H and O–H groups in total. The Morgan fingerprint density at radius 1 is 1.50 bits per heavy atom. The molecule has 1 heterocycles. The molecule has 20 heavy (non-hydrogen) atoms. The van der Waals surface area contributed by atoms with Crippen molar-refractivity contribution >= 4 is 24.0 Å². The first-order valence-electron chi connectivity index (χ1n) is 6.26. The van der Waals surface area contributed by atoms with Crippen LogP contribution in [0.15, 0.2) is 18.2 Å². The van der Waals surface area contributed by atoms with Gasteiger partial charge in [-0.1, -0.05) is 6.07 Å². The number of nitro groups is 1. The third-order valence-corrected chi connectivity index (χ3v) is 3.32. The maximum Gasteiger partial charge on any atom is 0.270 e. The first kappa shape index (κ1) is 16.4. The van der Waals surface area contributed by atoms with Gasteiger partial charge in [-0.2, -0.15) is 0 Å². The van der Waals surface area contributed by atoms with E-state index in [0.717, 1.165) is 12.1 Å². The van der Waals surface area contributed by atoms with E-state index in [0.29, 0.717) is 18.7 Å². The van der Waals surface area contributed by atoms with E-state index in [4.69, 9.17) is 0 Å². The van der Waals surface area contributed by atoms with Crippen LogP contribution < -0.4 is 5.32 Å². The van der Waals surface area contributed by atoms with Gasteiger partial charge < -0.3 is 10.2 Å². The summed E-state index contributed by atoms with van der Waals surface area (Å²) in [5, 5.41) is 14.0. The molecule has 1 fully saturated rings. The molecular formula is C13H18ClN3O3. The molecular weight excluding hydrogens is 282 g/mol. The molecule has 0 spiro atoms. The number of benzene rings is 1. The highest BCUT2D eigenvalue weighted by Gasteiger charge is 2.24. The molecule has 0 bridgehead atoms. The molecule has 1 aromatic carbocycles. The van der Waals surface area contributed by atoms with Gasteiger partial charge in [0.05, 0.1) is 4.92 Å². The molecule has 1 amide bonds. The smallest absolute Gasteiger partial charge is 0.270 e. The van der Waals surface area contributed by atoms with Gasteiger partial charge in [-0.25, -0.2) is 0 Å². The molecule has 0 radical (unpaired) electrons. The number of rotatable bonds is 2. The molecule has 6 nitrogen and oxygen atoms in total. The molecule has 0 aliphatic carbocycles. The van der Waals surface area contributed by atoms with Crippen LogP contribution in [-0.4, -0.2) is 41.4 Å². The molecule has 1 aliphatic rings. The summed E-state index contributed by atoms with van der Waals surface area (Å²) in [6.45, 7) is 5.81. The number of hydrogen-bond donors (Lipinski definition) is 1. The van der Waals surface area contributed by atoms with E-state index in [2.05, 4.69) is 5.32 Å². The van der Waals surface area contributed by atoms with Crippen molar-refractivity contribution < 1.29 is 9.72 Å². The van der Waals surface area contributed by atoms with E-state index in [9.17, 15) is 14.9 Å². The van der Waals surface area contributed by atoms with Crippen molar-refractivity contribution in [1.29, 1.82) is 0 Å². The van der Waals surface area contributed by atoms with E-state index >= 15 is 0 Å². The van der Waals surface area contributed by atoms with Crippen LogP contribution in [0, 0.1) is 17.0 Å². The van der Waals surface area contributed by atoms with Gasteiger partial charge in [-0.15, -0.1) is 12.4 Å². The van der Waals surface area contributed by atoms with Crippen LogP contribution in [0.25, 0.3) is 0 Å². The number of halogens is 1. The number of carbonyl (C=O) groups is 1. The number of aryl methyl sites for hydroxylation is 1. The van der Waals surface area contributed by atoms with Crippen LogP contribution in [0.2, 0.25) is 0 Å². The van der Waals surface area contributed by atoms with Crippen molar-refractivity contribution in [2.45, 2.75) is 19.9 Å². The number of nitro benzene ring substituents is 1. The summed E-state index contributed by atoms with van der Waals surface area (Å²) in [5.74, 6) is -0.130. The Morgan fingerprint density at radius 2 is 2.20 bits per heavy atom. The lowest BCUT2D eigenvalue weighted by Crippen LogP contribution is -2.51. The normalized spacial score (nSPS) is 18.3. The molecule has 1 saturated heterocycles. The van der Waals surface area contributed by atoms with Crippen molar-refractivity contribution in [1.82, 2.24) is 10.2 Å². The maximum absolute atomic E-state index is 12.4. The second-order valence-corrected chi connectivity index (χ2v) is 4.86. The summed E-state index contributed by atoms with van der Waals surface area (Å²) in [7, 11) is 0. The number of piperazine rings is 1. The number of amides is 1. The Hall–Kier alpha value is -1.66. The first-order valence-corrected chi connectivity index (χ1v) is 6.26. The largest absolute Gasteiger partial charge is 0.336 e. The quantitative estimate of drug-likeness (QED) is 0.667. The van der Waals surface area contributed by atoms with E-state index in [-0.39, 0.29) is 30.0 Å². The lowest BCUT2D eigenvalue weighted by Gasteiger charge is -2.32. The van der Waals surface area contributed by atoms with Gasteiger partial charge in [0.2, 0.25) is 0 Å². The zero-order valence-electron chi connectivity index (χ0n) is 11.5. The predicted octanol–water partition coefficient (Wildman–Crippen LogP) is 1.76. The van der Waals surface area contributed by atoms with Gasteiger partial charge in [0.1, 0.15) is 0 Å². The van der Waals surface area contributed by atoms with Crippen molar-refractivity contribution in [3.63, 3.8) is 0 Å². The number of carbonyl (C=O) groups excluding carboxylic acids is 1. The van der Waals surface area contributed by atoms with Crippen molar-refractivity contribution in [3.8, 4) is 0 Å². The minimum atomic E-state index is -0.476.